The molecule has 6 rings (SSSR count). The number of nitrogens with one attached hydrogen (secondary N) is 2. The quantitative estimate of drug-likeness (QED) is 0.390. The molecule has 0 saturated carbocycles. The lowest BCUT2D eigenvalue weighted by Crippen LogP contribution is -2.36. The van der Waals surface area contributed by atoms with Gasteiger partial charge in [-0.05, 0) is 54.6 Å². The fourth-order valence-corrected chi connectivity index (χ4v) is 4.55. The summed E-state index contributed by atoms with van der Waals surface area (Å²) in [5.74, 6) is -0.694. The van der Waals surface area contributed by atoms with Crippen LogP contribution in [-0.4, -0.2) is 28.9 Å². The van der Waals surface area contributed by atoms with E-state index in [0.717, 1.165) is 21.8 Å². The Morgan fingerprint density at radius 1 is 1.03 bits per heavy atom. The highest BCUT2D eigenvalue weighted by molar-refractivity contribution is 6.13. The number of H-pyrrole nitrogens is 1. The molecule has 0 bridgehead atoms. The summed E-state index contributed by atoms with van der Waals surface area (Å²) in [5.41, 5.74) is 3.63. The van der Waals surface area contributed by atoms with Crippen LogP contribution in [0.1, 0.15) is 22.1 Å². The normalized spacial score (nSPS) is 15.0. The van der Waals surface area contributed by atoms with Gasteiger partial charge in [0.15, 0.2) is 0 Å². The number of methoxy groups -OCH3 is 1. The summed E-state index contributed by atoms with van der Waals surface area (Å²) in [7, 11) is 1.53. The number of para-hydroxylation sites is 1. The highest BCUT2D eigenvalue weighted by Gasteiger charge is 2.39. The lowest BCUT2D eigenvalue weighted by molar-refractivity contribution is -0.119. The molecule has 0 saturated heterocycles. The number of hydrogen-bond acceptors (Lipinski definition) is 4. The van der Waals surface area contributed by atoms with E-state index in [0.29, 0.717) is 22.7 Å². The molecule has 0 radical (unpaired) electrons. The van der Waals surface area contributed by atoms with Gasteiger partial charge in [-0.1, -0.05) is 18.2 Å². The molecule has 0 fully saturated rings. The second-order valence-electron chi connectivity index (χ2n) is 8.27. The first-order chi connectivity index (χ1) is 17.0. The van der Waals surface area contributed by atoms with Crippen LogP contribution in [0.4, 0.5) is 15.8 Å². The number of nitrogens with zero attached hydrogens (tertiary/aromatic N) is 2. The molecule has 35 heavy (non-hydrogen) atoms. The molecule has 7 nitrogen and oxygen atoms in total. The van der Waals surface area contributed by atoms with Crippen LogP contribution in [0.2, 0.25) is 0 Å². The number of fused-ring (bicyclic) bond motifs is 4. The van der Waals surface area contributed by atoms with E-state index >= 15 is 0 Å². The van der Waals surface area contributed by atoms with Crippen molar-refractivity contribution in [2.45, 2.75) is 6.04 Å². The van der Waals surface area contributed by atoms with Gasteiger partial charge in [0.05, 0.1) is 24.5 Å². The molecular formula is C27H19FN4O3. The number of aromatic amines is 1. The SMILES string of the molecule is COc1ccc2c(c1)C(NC(=O)c1cc3c(cn1)[nH]c1ccccc13)C(=O)N2c1ccc(F)cc1. The van der Waals surface area contributed by atoms with E-state index in [9.17, 15) is 14.0 Å². The number of ether oxygens (including phenoxy) is 1. The molecule has 0 aliphatic carbocycles. The largest absolute Gasteiger partial charge is 0.497 e. The fraction of sp³-hybridized carbons (Fsp3) is 0.0741. The first kappa shape index (κ1) is 20.9. The van der Waals surface area contributed by atoms with Crippen molar-refractivity contribution in [2.75, 3.05) is 12.0 Å². The van der Waals surface area contributed by atoms with Crippen LogP contribution in [0.15, 0.2) is 79.0 Å². The number of benzene rings is 3. The molecule has 8 heteroatoms. The highest BCUT2D eigenvalue weighted by atomic mass is 19.1. The van der Waals surface area contributed by atoms with Crippen LogP contribution in [0.25, 0.3) is 21.8 Å². The smallest absolute Gasteiger partial charge is 0.270 e. The monoisotopic (exact) mass is 466 g/mol. The Hall–Kier alpha value is -4.72. The van der Waals surface area contributed by atoms with E-state index in [2.05, 4.69) is 15.3 Å². The van der Waals surface area contributed by atoms with Crippen LogP contribution in [-0.2, 0) is 4.79 Å². The van der Waals surface area contributed by atoms with E-state index in [1.54, 1.807) is 30.5 Å². The maximum absolute atomic E-state index is 13.5. The Bertz CT molecular complexity index is 1630. The van der Waals surface area contributed by atoms with Crippen molar-refractivity contribution in [3.05, 3.63) is 96.1 Å². The molecule has 2 N–H and O–H groups in total. The first-order valence-electron chi connectivity index (χ1n) is 11.0. The highest BCUT2D eigenvalue weighted by Crippen LogP contribution is 2.42. The van der Waals surface area contributed by atoms with Crippen molar-refractivity contribution in [2.24, 2.45) is 0 Å². The minimum atomic E-state index is -0.960. The molecule has 2 aromatic heterocycles. The van der Waals surface area contributed by atoms with Gasteiger partial charge in [-0.3, -0.25) is 14.5 Å². The summed E-state index contributed by atoms with van der Waals surface area (Å²) in [4.78, 5) is 35.8. The predicted octanol–water partition coefficient (Wildman–Crippen LogP) is 5.01. The minimum Gasteiger partial charge on any atom is -0.497 e. The third kappa shape index (κ3) is 3.38. The van der Waals surface area contributed by atoms with Gasteiger partial charge in [0.25, 0.3) is 11.8 Å². The van der Waals surface area contributed by atoms with Crippen LogP contribution in [0, 0.1) is 5.82 Å². The number of aromatic nitrogens is 2. The van der Waals surface area contributed by atoms with Crippen LogP contribution in [0.5, 0.6) is 5.75 Å². The van der Waals surface area contributed by atoms with E-state index in [-0.39, 0.29) is 11.6 Å². The number of pyridine rings is 1. The lowest BCUT2D eigenvalue weighted by atomic mass is 10.1. The first-order valence-corrected chi connectivity index (χ1v) is 11.0. The molecule has 1 atom stereocenters. The number of carbonyl (C=O) groups is 2. The number of halogens is 1. The zero-order chi connectivity index (χ0) is 24.1. The number of carbonyl (C=O) groups excluding carboxylic acids is 2. The van der Waals surface area contributed by atoms with E-state index in [1.807, 2.05) is 24.3 Å². The third-order valence-electron chi connectivity index (χ3n) is 6.24. The van der Waals surface area contributed by atoms with Crippen molar-refractivity contribution in [3.63, 3.8) is 0 Å². The van der Waals surface area contributed by atoms with Crippen molar-refractivity contribution in [3.8, 4) is 5.75 Å². The van der Waals surface area contributed by atoms with Gasteiger partial charge < -0.3 is 15.0 Å². The van der Waals surface area contributed by atoms with Crippen LogP contribution >= 0.6 is 0 Å². The number of rotatable bonds is 4. The Labute approximate surface area is 199 Å². The third-order valence-corrected chi connectivity index (χ3v) is 6.24. The molecule has 3 heterocycles. The zero-order valence-electron chi connectivity index (χ0n) is 18.6. The average Bonchev–Trinajstić information content (AvgIpc) is 3.38. The van der Waals surface area contributed by atoms with Gasteiger partial charge in [-0.2, -0.15) is 0 Å². The standard InChI is InChI=1S/C27H19FN4O3/c1-35-17-10-11-24-20(12-17)25(27(34)32(24)16-8-6-15(28)7-9-16)31-26(33)22-13-19-18-4-2-3-5-21(18)30-23(19)14-29-22/h2-14,25,30H,1H3,(H,31,33). The lowest BCUT2D eigenvalue weighted by Gasteiger charge is -2.18. The van der Waals surface area contributed by atoms with Crippen LogP contribution in [0.3, 0.4) is 0 Å². The van der Waals surface area contributed by atoms with Gasteiger partial charge in [0.2, 0.25) is 0 Å². The summed E-state index contributed by atoms with van der Waals surface area (Å²) >= 11 is 0. The van der Waals surface area contributed by atoms with E-state index < -0.39 is 17.8 Å². The van der Waals surface area contributed by atoms with Gasteiger partial charge in [-0.15, -0.1) is 0 Å². The molecule has 172 valence electrons. The minimum absolute atomic E-state index is 0.194. The van der Waals surface area contributed by atoms with Crippen molar-refractivity contribution >= 4 is 45.0 Å². The second-order valence-corrected chi connectivity index (χ2v) is 8.27. The van der Waals surface area contributed by atoms with Crippen molar-refractivity contribution in [1.29, 1.82) is 0 Å². The number of anilines is 2. The van der Waals surface area contributed by atoms with E-state index in [4.69, 9.17) is 4.74 Å². The summed E-state index contributed by atoms with van der Waals surface area (Å²) < 4.78 is 18.8. The summed E-state index contributed by atoms with van der Waals surface area (Å²) in [6.45, 7) is 0. The van der Waals surface area contributed by atoms with Gasteiger partial charge in [0.1, 0.15) is 23.3 Å². The number of hydrogen-bond donors (Lipinski definition) is 2. The molecule has 2 amide bonds. The van der Waals surface area contributed by atoms with Gasteiger partial charge in [-0.25, -0.2) is 9.37 Å². The molecule has 0 spiro atoms. The molecule has 3 aromatic carbocycles. The molecule has 1 unspecified atom stereocenters. The predicted molar refractivity (Wildman–Crippen MR) is 130 cm³/mol. The molecular weight excluding hydrogens is 447 g/mol. The van der Waals surface area contributed by atoms with Gasteiger partial charge in [0, 0.05) is 27.5 Å². The maximum atomic E-state index is 13.5. The average molecular weight is 466 g/mol. The Morgan fingerprint density at radius 3 is 2.63 bits per heavy atom. The Morgan fingerprint density at radius 2 is 1.83 bits per heavy atom. The fourth-order valence-electron chi connectivity index (χ4n) is 4.55. The topological polar surface area (TPSA) is 87.3 Å². The van der Waals surface area contributed by atoms with Crippen molar-refractivity contribution < 1.29 is 18.7 Å². The summed E-state index contributed by atoms with van der Waals surface area (Å²) in [5, 5.41) is 4.69. The molecule has 1 aliphatic heterocycles. The zero-order valence-corrected chi connectivity index (χ0v) is 18.6. The second kappa shape index (κ2) is 7.95. The molecule has 1 aliphatic rings. The number of amides is 2. The summed E-state index contributed by atoms with van der Waals surface area (Å²) in [6.07, 6.45) is 1.61. The van der Waals surface area contributed by atoms with Crippen molar-refractivity contribution in [1.82, 2.24) is 15.3 Å². The maximum Gasteiger partial charge on any atom is 0.270 e. The summed E-state index contributed by atoms with van der Waals surface area (Å²) in [6, 6.07) is 19.4. The Balaban J connectivity index is 1.38. The molecule has 5 aromatic rings. The Kier molecular flexibility index (Phi) is 4.74. The van der Waals surface area contributed by atoms with Crippen LogP contribution < -0.4 is 15.0 Å². The van der Waals surface area contributed by atoms with E-state index in [1.165, 1.54) is 36.3 Å². The van der Waals surface area contributed by atoms with Gasteiger partial charge >= 0.3 is 0 Å².